The Labute approximate surface area is 104 Å². The van der Waals surface area contributed by atoms with Crippen LogP contribution in [0, 0.1) is 5.82 Å². The number of nitrogens with one attached hydrogen (secondary N) is 2. The minimum Gasteiger partial charge on any atom is -0.353 e. The number of anilines is 1. The Kier molecular flexibility index (Phi) is 2.93. The monoisotopic (exact) mass is 251 g/mol. The number of hydrogen-bond acceptors (Lipinski definition) is 4. The first kappa shape index (κ1) is 10.9. The Hall–Kier alpha value is -1.23. The van der Waals surface area contributed by atoms with Gasteiger partial charge in [-0.15, -0.1) is 0 Å². The standard InChI is InChI=1S/C12H14FN3S/c13-8-5-6-11-10(7-8)15-12(16-17-11)14-9-3-1-2-4-9/h5-7,9H,1-4H2,(H2,14,15,16). The molecule has 0 saturated heterocycles. The molecule has 1 fully saturated rings. The first-order valence-electron chi connectivity index (χ1n) is 5.89. The molecule has 1 aliphatic carbocycles. The van der Waals surface area contributed by atoms with Gasteiger partial charge in [-0.05, 0) is 31.0 Å². The lowest BCUT2D eigenvalue weighted by Crippen LogP contribution is -2.38. The molecule has 0 spiro atoms. The predicted octanol–water partition coefficient (Wildman–Crippen LogP) is 3.15. The Balaban J connectivity index is 1.71. The van der Waals surface area contributed by atoms with Gasteiger partial charge < -0.3 is 10.6 Å². The van der Waals surface area contributed by atoms with Gasteiger partial charge in [0.05, 0.1) is 10.6 Å². The predicted molar refractivity (Wildman–Crippen MR) is 68.7 cm³/mol. The molecular weight excluding hydrogens is 237 g/mol. The zero-order chi connectivity index (χ0) is 11.7. The van der Waals surface area contributed by atoms with E-state index in [4.69, 9.17) is 0 Å². The number of halogens is 1. The maximum absolute atomic E-state index is 13.1. The Morgan fingerprint density at radius 3 is 3.00 bits per heavy atom. The van der Waals surface area contributed by atoms with E-state index in [0.717, 1.165) is 16.5 Å². The first-order valence-corrected chi connectivity index (χ1v) is 6.67. The van der Waals surface area contributed by atoms with Crippen molar-refractivity contribution >= 4 is 23.6 Å². The van der Waals surface area contributed by atoms with Crippen LogP contribution in [0.5, 0.6) is 0 Å². The molecule has 2 N–H and O–H groups in total. The van der Waals surface area contributed by atoms with Crippen molar-refractivity contribution in [3.63, 3.8) is 0 Å². The molecule has 3 nitrogen and oxygen atoms in total. The van der Waals surface area contributed by atoms with E-state index in [0.29, 0.717) is 6.04 Å². The van der Waals surface area contributed by atoms with Gasteiger partial charge in [0.1, 0.15) is 5.82 Å². The SMILES string of the molecule is Fc1ccc2c(c1)NC(NC1CCCC1)=NS2. The zero-order valence-corrected chi connectivity index (χ0v) is 10.2. The van der Waals surface area contributed by atoms with E-state index in [2.05, 4.69) is 15.0 Å². The van der Waals surface area contributed by atoms with Gasteiger partial charge in [0.15, 0.2) is 0 Å². The highest BCUT2D eigenvalue weighted by molar-refractivity contribution is 7.98. The lowest BCUT2D eigenvalue weighted by molar-refractivity contribution is 0.625. The van der Waals surface area contributed by atoms with Crippen LogP contribution >= 0.6 is 11.9 Å². The second-order valence-electron chi connectivity index (χ2n) is 4.42. The number of rotatable bonds is 1. The summed E-state index contributed by atoms with van der Waals surface area (Å²) < 4.78 is 17.5. The summed E-state index contributed by atoms with van der Waals surface area (Å²) in [6.45, 7) is 0. The van der Waals surface area contributed by atoms with Gasteiger partial charge in [-0.3, -0.25) is 0 Å². The molecule has 0 bridgehead atoms. The quantitative estimate of drug-likeness (QED) is 0.753. The molecule has 90 valence electrons. The van der Waals surface area contributed by atoms with Crippen LogP contribution in [-0.2, 0) is 0 Å². The third-order valence-corrected chi connectivity index (χ3v) is 3.95. The van der Waals surface area contributed by atoms with Crippen molar-refractivity contribution in [3.8, 4) is 0 Å². The second-order valence-corrected chi connectivity index (χ2v) is 5.23. The van der Waals surface area contributed by atoms with Crippen LogP contribution in [0.15, 0.2) is 27.5 Å². The fourth-order valence-electron chi connectivity index (χ4n) is 2.25. The van der Waals surface area contributed by atoms with Crippen LogP contribution in [0.4, 0.5) is 10.1 Å². The molecule has 0 radical (unpaired) electrons. The van der Waals surface area contributed by atoms with E-state index >= 15 is 0 Å². The summed E-state index contributed by atoms with van der Waals surface area (Å²) in [6, 6.07) is 5.22. The molecule has 1 aromatic rings. The number of fused-ring (bicyclic) bond motifs is 1. The number of benzene rings is 1. The Bertz CT molecular complexity index is 455. The summed E-state index contributed by atoms with van der Waals surface area (Å²) in [5.74, 6) is 0.527. The highest BCUT2D eigenvalue weighted by Gasteiger charge is 2.19. The van der Waals surface area contributed by atoms with Crippen LogP contribution < -0.4 is 10.6 Å². The number of guanidine groups is 1. The molecule has 0 unspecified atom stereocenters. The molecule has 3 rings (SSSR count). The van der Waals surface area contributed by atoms with Crippen LogP contribution in [-0.4, -0.2) is 12.0 Å². The van der Waals surface area contributed by atoms with E-state index in [-0.39, 0.29) is 5.82 Å². The van der Waals surface area contributed by atoms with E-state index in [1.165, 1.54) is 49.8 Å². The fourth-order valence-corrected chi connectivity index (χ4v) is 2.88. The van der Waals surface area contributed by atoms with Crippen LogP contribution in [0.2, 0.25) is 0 Å². The summed E-state index contributed by atoms with van der Waals surface area (Å²) in [4.78, 5) is 0.961. The zero-order valence-electron chi connectivity index (χ0n) is 9.37. The molecule has 1 aromatic carbocycles. The van der Waals surface area contributed by atoms with E-state index in [1.54, 1.807) is 6.07 Å². The summed E-state index contributed by atoms with van der Waals surface area (Å²) >= 11 is 1.39. The topological polar surface area (TPSA) is 36.4 Å². The third kappa shape index (κ3) is 2.39. The minimum atomic E-state index is -0.223. The van der Waals surface area contributed by atoms with Crippen molar-refractivity contribution in [2.24, 2.45) is 4.40 Å². The molecule has 1 saturated carbocycles. The Morgan fingerprint density at radius 1 is 1.35 bits per heavy atom. The molecule has 1 heterocycles. The summed E-state index contributed by atoms with van der Waals surface area (Å²) in [7, 11) is 0. The molecule has 0 aromatic heterocycles. The molecule has 0 amide bonds. The fraction of sp³-hybridized carbons (Fsp3) is 0.417. The van der Waals surface area contributed by atoms with Crippen molar-refractivity contribution in [1.29, 1.82) is 0 Å². The van der Waals surface area contributed by atoms with Gasteiger partial charge in [0, 0.05) is 18.0 Å². The minimum absolute atomic E-state index is 0.223. The first-order chi connectivity index (χ1) is 8.31. The number of hydrogen-bond donors (Lipinski definition) is 2. The van der Waals surface area contributed by atoms with Gasteiger partial charge in [-0.25, -0.2) is 4.39 Å². The molecule has 17 heavy (non-hydrogen) atoms. The average molecular weight is 251 g/mol. The molecule has 1 aliphatic heterocycles. The summed E-state index contributed by atoms with van der Waals surface area (Å²) in [5, 5.41) is 6.52. The van der Waals surface area contributed by atoms with Crippen molar-refractivity contribution in [3.05, 3.63) is 24.0 Å². The maximum atomic E-state index is 13.1. The Morgan fingerprint density at radius 2 is 2.18 bits per heavy atom. The molecule has 2 aliphatic rings. The molecular formula is C12H14FN3S. The summed E-state index contributed by atoms with van der Waals surface area (Å²) in [6.07, 6.45) is 4.95. The lowest BCUT2D eigenvalue weighted by atomic mass is 10.2. The highest BCUT2D eigenvalue weighted by Crippen LogP contribution is 2.32. The number of nitrogens with zero attached hydrogens (tertiary/aromatic N) is 1. The van der Waals surface area contributed by atoms with Crippen molar-refractivity contribution < 1.29 is 4.39 Å². The van der Waals surface area contributed by atoms with E-state index in [9.17, 15) is 4.39 Å². The smallest absolute Gasteiger partial charge is 0.208 e. The third-order valence-electron chi connectivity index (χ3n) is 3.13. The van der Waals surface area contributed by atoms with Gasteiger partial charge in [0.25, 0.3) is 0 Å². The maximum Gasteiger partial charge on any atom is 0.208 e. The summed E-state index contributed by atoms with van der Waals surface area (Å²) in [5.41, 5.74) is 0.797. The van der Waals surface area contributed by atoms with Crippen molar-refractivity contribution in [1.82, 2.24) is 5.32 Å². The van der Waals surface area contributed by atoms with Gasteiger partial charge >= 0.3 is 0 Å². The highest BCUT2D eigenvalue weighted by atomic mass is 32.2. The van der Waals surface area contributed by atoms with E-state index in [1.807, 2.05) is 0 Å². The van der Waals surface area contributed by atoms with Crippen LogP contribution in [0.3, 0.4) is 0 Å². The largest absolute Gasteiger partial charge is 0.353 e. The second kappa shape index (κ2) is 4.56. The van der Waals surface area contributed by atoms with Gasteiger partial charge in [-0.1, -0.05) is 12.8 Å². The normalized spacial score (nSPS) is 19.5. The van der Waals surface area contributed by atoms with Crippen molar-refractivity contribution in [2.45, 2.75) is 36.6 Å². The van der Waals surface area contributed by atoms with Gasteiger partial charge in [-0.2, -0.15) is 4.40 Å². The average Bonchev–Trinajstić information content (AvgIpc) is 2.81. The van der Waals surface area contributed by atoms with Crippen molar-refractivity contribution in [2.75, 3.05) is 5.32 Å². The van der Waals surface area contributed by atoms with Gasteiger partial charge in [0.2, 0.25) is 5.96 Å². The molecule has 0 atom stereocenters. The van der Waals surface area contributed by atoms with Crippen LogP contribution in [0.1, 0.15) is 25.7 Å². The lowest BCUT2D eigenvalue weighted by Gasteiger charge is -2.21. The van der Waals surface area contributed by atoms with Crippen LogP contribution in [0.25, 0.3) is 0 Å². The van der Waals surface area contributed by atoms with E-state index < -0.39 is 0 Å². The molecule has 5 heteroatoms.